The minimum absolute atomic E-state index is 0.560. The van der Waals surface area contributed by atoms with Crippen molar-refractivity contribution in [1.29, 1.82) is 0 Å². The van der Waals surface area contributed by atoms with E-state index in [4.69, 9.17) is 0 Å². The van der Waals surface area contributed by atoms with Crippen LogP contribution in [-0.4, -0.2) is 17.2 Å². The lowest BCUT2D eigenvalue weighted by Crippen LogP contribution is -2.31. The SMILES string of the molecule is Brc1ccc2ccc3ccccc3c2c1.OB(O)c1c2ccccc2c(-c2cccc3ccccc23)c2ccccc12.c1ccc2c(-c3c4ccccc4c(-c4ccc5ccc6ccccc6c5c4)c4ccccc34)cccc2c1. The predicted molar refractivity (Wildman–Crippen MR) is 348 cm³/mol. The van der Waals surface area contributed by atoms with Gasteiger partial charge in [-0.1, -0.05) is 289 Å². The monoisotopic (exact) mass is 1080 g/mol. The van der Waals surface area contributed by atoms with Crippen LogP contribution >= 0.6 is 15.9 Å². The van der Waals surface area contributed by atoms with Crippen LogP contribution in [-0.2, 0) is 0 Å². The number of benzene rings is 16. The summed E-state index contributed by atoms with van der Waals surface area (Å²) in [6.07, 6.45) is 0. The third-order valence-electron chi connectivity index (χ3n) is 16.0. The van der Waals surface area contributed by atoms with Gasteiger partial charge in [-0.3, -0.25) is 0 Å². The first-order chi connectivity index (χ1) is 39.5. The molecular formula is C76H50BBrO2. The van der Waals surface area contributed by atoms with Gasteiger partial charge in [0.15, 0.2) is 0 Å². The third-order valence-corrected chi connectivity index (χ3v) is 16.5. The topological polar surface area (TPSA) is 40.5 Å². The first-order valence-corrected chi connectivity index (χ1v) is 27.9. The molecule has 2 N–H and O–H groups in total. The molecule has 0 saturated carbocycles. The zero-order valence-corrected chi connectivity index (χ0v) is 45.1. The lowest BCUT2D eigenvalue weighted by atomic mass is 9.72. The van der Waals surface area contributed by atoms with Crippen molar-refractivity contribution in [3.63, 3.8) is 0 Å². The molecule has 0 aliphatic rings. The number of fused-ring (bicyclic) bond motifs is 12. The molecule has 0 fully saturated rings. The van der Waals surface area contributed by atoms with Gasteiger partial charge < -0.3 is 10.0 Å². The maximum absolute atomic E-state index is 10.1. The summed E-state index contributed by atoms with van der Waals surface area (Å²) in [7, 11) is -1.53. The second kappa shape index (κ2) is 20.8. The van der Waals surface area contributed by atoms with Crippen molar-refractivity contribution < 1.29 is 10.0 Å². The van der Waals surface area contributed by atoms with Gasteiger partial charge in [-0.2, -0.15) is 0 Å². The van der Waals surface area contributed by atoms with Crippen LogP contribution in [0.1, 0.15) is 0 Å². The molecule has 0 spiro atoms. The summed E-state index contributed by atoms with van der Waals surface area (Å²) in [5.74, 6) is 0. The largest absolute Gasteiger partial charge is 0.489 e. The molecule has 0 saturated heterocycles. The fourth-order valence-corrected chi connectivity index (χ4v) is 12.8. The van der Waals surface area contributed by atoms with Crippen LogP contribution in [0, 0.1) is 0 Å². The molecule has 0 atom stereocenters. The Morgan fingerprint density at radius 2 is 0.512 bits per heavy atom. The van der Waals surface area contributed by atoms with Crippen molar-refractivity contribution in [2.45, 2.75) is 0 Å². The Balaban J connectivity index is 0.000000119. The summed E-state index contributed by atoms with van der Waals surface area (Å²) in [6.45, 7) is 0. The summed E-state index contributed by atoms with van der Waals surface area (Å²) >= 11 is 3.52. The van der Waals surface area contributed by atoms with Crippen molar-refractivity contribution in [1.82, 2.24) is 0 Å². The molecule has 0 amide bonds. The highest BCUT2D eigenvalue weighted by Crippen LogP contribution is 2.46. The van der Waals surface area contributed by atoms with E-state index in [9.17, 15) is 10.0 Å². The average molecular weight is 1090 g/mol. The maximum atomic E-state index is 10.1. The normalized spacial score (nSPS) is 11.4. The lowest BCUT2D eigenvalue weighted by molar-refractivity contribution is 0.426. The second-order valence-electron chi connectivity index (χ2n) is 20.5. The zero-order valence-electron chi connectivity index (χ0n) is 43.6. The lowest BCUT2D eigenvalue weighted by Gasteiger charge is -2.19. The summed E-state index contributed by atoms with van der Waals surface area (Å²) in [6, 6.07) is 103. The Morgan fingerprint density at radius 3 is 0.938 bits per heavy atom. The first-order valence-electron chi connectivity index (χ1n) is 27.1. The van der Waals surface area contributed by atoms with Gasteiger partial charge in [-0.15, -0.1) is 0 Å². The molecule has 0 bridgehead atoms. The van der Waals surface area contributed by atoms with Crippen LogP contribution in [0.4, 0.5) is 0 Å². The summed E-state index contributed by atoms with van der Waals surface area (Å²) in [5, 5.41) is 44.4. The van der Waals surface area contributed by atoms with Crippen LogP contribution in [0.2, 0.25) is 0 Å². The first kappa shape index (κ1) is 48.9. The van der Waals surface area contributed by atoms with Gasteiger partial charge >= 0.3 is 7.12 Å². The van der Waals surface area contributed by atoms with Gasteiger partial charge in [-0.25, -0.2) is 0 Å². The third kappa shape index (κ3) is 8.62. The van der Waals surface area contributed by atoms with Gasteiger partial charge in [0, 0.05) is 4.47 Å². The molecule has 376 valence electrons. The number of hydrogen-bond donors (Lipinski definition) is 2. The van der Waals surface area contributed by atoms with Crippen LogP contribution in [0.3, 0.4) is 0 Å². The summed E-state index contributed by atoms with van der Waals surface area (Å²) < 4.78 is 1.13. The van der Waals surface area contributed by atoms with E-state index in [1.54, 1.807) is 0 Å². The summed E-state index contributed by atoms with van der Waals surface area (Å²) in [4.78, 5) is 0. The number of hydrogen-bond acceptors (Lipinski definition) is 2. The molecule has 0 aromatic heterocycles. The van der Waals surface area contributed by atoms with E-state index >= 15 is 0 Å². The van der Waals surface area contributed by atoms with Gasteiger partial charge in [0.05, 0.1) is 0 Å². The Morgan fingerprint density at radius 1 is 0.225 bits per heavy atom. The molecule has 16 rings (SSSR count). The molecule has 0 heterocycles. The van der Waals surface area contributed by atoms with Crippen molar-refractivity contribution in [2.75, 3.05) is 0 Å². The van der Waals surface area contributed by atoms with Crippen molar-refractivity contribution in [2.24, 2.45) is 0 Å². The van der Waals surface area contributed by atoms with Crippen LogP contribution in [0.15, 0.2) is 296 Å². The summed E-state index contributed by atoms with van der Waals surface area (Å²) in [5.41, 5.74) is 7.99. The maximum Gasteiger partial charge on any atom is 0.489 e. The van der Waals surface area contributed by atoms with Gasteiger partial charge in [0.25, 0.3) is 0 Å². The van der Waals surface area contributed by atoms with Crippen LogP contribution < -0.4 is 5.46 Å². The van der Waals surface area contributed by atoms with Crippen molar-refractivity contribution >= 4 is 136 Å². The molecule has 0 aliphatic heterocycles. The molecule has 0 unspecified atom stereocenters. The highest BCUT2D eigenvalue weighted by Gasteiger charge is 2.23. The quantitative estimate of drug-likeness (QED) is 0.105. The molecule has 16 aromatic carbocycles. The Bertz CT molecular complexity index is 4960. The van der Waals surface area contributed by atoms with E-state index in [1.807, 2.05) is 42.5 Å². The van der Waals surface area contributed by atoms with Crippen LogP contribution in [0.25, 0.3) is 141 Å². The minimum Gasteiger partial charge on any atom is -0.423 e. The fraction of sp³-hybridized carbons (Fsp3) is 0. The molecule has 4 heteroatoms. The van der Waals surface area contributed by atoms with Crippen LogP contribution in [0.5, 0.6) is 0 Å². The molecule has 2 nitrogen and oxygen atoms in total. The molecule has 0 radical (unpaired) electrons. The highest BCUT2D eigenvalue weighted by molar-refractivity contribution is 9.10. The second-order valence-corrected chi connectivity index (χ2v) is 21.4. The van der Waals surface area contributed by atoms with Gasteiger partial charge in [0.2, 0.25) is 0 Å². The van der Waals surface area contributed by atoms with Gasteiger partial charge in [0.1, 0.15) is 0 Å². The van der Waals surface area contributed by atoms with Crippen molar-refractivity contribution in [3.05, 3.63) is 296 Å². The van der Waals surface area contributed by atoms with E-state index in [0.717, 1.165) is 37.1 Å². The number of rotatable bonds is 4. The molecular weight excluding hydrogens is 1040 g/mol. The zero-order chi connectivity index (χ0) is 53.7. The standard InChI is InChI=1S/C38H24.C24H17BO2.C14H9Br/c1-3-13-29-25(10-1)12-9-19-31(29)38-34-17-7-5-15-32(34)37(33-16-6-8-18-35(33)38)28-23-22-27-21-20-26-11-2-4-14-30(26)36(27)24-28;26-25(27)24-21-13-5-3-11-19(21)23(20-12-4-6-14-22(20)24)18-15-7-9-16-8-1-2-10-17(16)18;15-12-8-7-11-6-5-10-3-1-2-4-13(10)14(11)9-12/h1-24H;1-15,26-27H;1-9H. The predicted octanol–water partition coefficient (Wildman–Crippen LogP) is 20.0. The molecule has 80 heavy (non-hydrogen) atoms. The van der Waals surface area contributed by atoms with E-state index in [2.05, 4.69) is 265 Å². The Kier molecular flexibility index (Phi) is 12.7. The van der Waals surface area contributed by atoms with E-state index in [-0.39, 0.29) is 0 Å². The fourth-order valence-electron chi connectivity index (χ4n) is 12.5. The van der Waals surface area contributed by atoms with E-state index in [0.29, 0.717) is 5.46 Å². The Labute approximate surface area is 472 Å². The smallest absolute Gasteiger partial charge is 0.423 e. The molecule has 0 aliphatic carbocycles. The minimum atomic E-state index is -1.53. The van der Waals surface area contributed by atoms with Crippen molar-refractivity contribution in [3.8, 4) is 33.4 Å². The molecule has 16 aromatic rings. The van der Waals surface area contributed by atoms with Gasteiger partial charge in [-0.05, 0) is 165 Å². The highest BCUT2D eigenvalue weighted by atomic mass is 79.9. The van der Waals surface area contributed by atoms with E-state index in [1.165, 1.54) is 108 Å². The number of halogens is 1. The average Bonchev–Trinajstić information content (AvgIpc) is 3.63. The van der Waals surface area contributed by atoms with E-state index < -0.39 is 7.12 Å². The Hall–Kier alpha value is -9.42.